The summed E-state index contributed by atoms with van der Waals surface area (Å²) in [5.41, 5.74) is 1.61. The highest BCUT2D eigenvalue weighted by Gasteiger charge is 2.25. The summed E-state index contributed by atoms with van der Waals surface area (Å²) in [7, 11) is 4.49. The maximum Gasteiger partial charge on any atom is 0.279 e. The van der Waals surface area contributed by atoms with E-state index in [0.717, 1.165) is 21.5 Å². The molecule has 0 aliphatic heterocycles. The number of pyridine rings is 1. The first-order chi connectivity index (χ1) is 9.19. The Kier molecular flexibility index (Phi) is 4.09. The average molecular weight is 260 g/mol. The number of carbonyl (C=O) groups is 1. The van der Waals surface area contributed by atoms with Gasteiger partial charge in [0.15, 0.2) is 6.10 Å². The van der Waals surface area contributed by atoms with Gasteiger partial charge in [-0.05, 0) is 17.7 Å². The molecule has 0 saturated carbocycles. The Bertz CT molecular complexity index is 580. The number of methoxy groups -OCH3 is 1. The lowest BCUT2D eigenvalue weighted by Gasteiger charge is -2.21. The molecule has 0 aliphatic carbocycles. The number of amides is 1. The summed E-state index contributed by atoms with van der Waals surface area (Å²) in [5.74, 6) is -0.263. The lowest BCUT2D eigenvalue weighted by Crippen LogP contribution is -2.31. The van der Waals surface area contributed by atoms with Crippen LogP contribution in [0.1, 0.15) is 11.7 Å². The Morgan fingerprint density at radius 2 is 2.05 bits per heavy atom. The molecule has 1 heterocycles. The number of ether oxygens (including phenoxy) is 1. The van der Waals surface area contributed by atoms with Gasteiger partial charge in [0, 0.05) is 25.7 Å². The summed E-state index contributed by atoms with van der Waals surface area (Å²) < 4.78 is 5.33. The number of carbonyl (C=O) groups excluding carboxylic acids is 1. The van der Waals surface area contributed by atoms with E-state index in [2.05, 4.69) is 4.98 Å². The third-order valence-corrected chi connectivity index (χ3v) is 3.01. The fourth-order valence-electron chi connectivity index (χ4n) is 1.97. The monoisotopic (exact) mass is 260 g/mol. The topological polar surface area (TPSA) is 51.7 Å². The second-order valence-electron chi connectivity index (χ2n) is 4.05. The van der Waals surface area contributed by atoms with Crippen LogP contribution in [-0.4, -0.2) is 37.2 Å². The summed E-state index contributed by atoms with van der Waals surface area (Å²) in [5, 5.41) is 2.05. The van der Waals surface area contributed by atoms with Crippen LogP contribution >= 0.6 is 0 Å². The molecule has 100 valence electrons. The summed E-state index contributed by atoms with van der Waals surface area (Å²) >= 11 is 0. The number of hydrogen-bond donors (Lipinski definition) is 0. The molecule has 0 N–H and O–H groups in total. The summed E-state index contributed by atoms with van der Waals surface area (Å²) in [6.45, 7) is 0. The fourth-order valence-corrected chi connectivity index (χ4v) is 1.97. The molecule has 0 bridgehead atoms. The highest BCUT2D eigenvalue weighted by Crippen LogP contribution is 2.26. The van der Waals surface area contributed by atoms with Gasteiger partial charge in [-0.3, -0.25) is 14.6 Å². The van der Waals surface area contributed by atoms with Crippen LogP contribution in [0.15, 0.2) is 36.5 Å². The van der Waals surface area contributed by atoms with E-state index in [1.807, 2.05) is 30.3 Å². The van der Waals surface area contributed by atoms with Crippen molar-refractivity contribution in [3.05, 3.63) is 42.1 Å². The van der Waals surface area contributed by atoms with E-state index in [-0.39, 0.29) is 5.91 Å². The van der Waals surface area contributed by atoms with Gasteiger partial charge in [-0.2, -0.15) is 0 Å². The number of hydroxylamine groups is 2. The molecule has 0 fully saturated rings. The number of hydrogen-bond acceptors (Lipinski definition) is 4. The molecular weight excluding hydrogens is 244 g/mol. The van der Waals surface area contributed by atoms with Gasteiger partial charge in [-0.15, -0.1) is 0 Å². The first-order valence-corrected chi connectivity index (χ1v) is 5.87. The molecule has 2 aromatic rings. The lowest BCUT2D eigenvalue weighted by molar-refractivity contribution is -0.179. The van der Waals surface area contributed by atoms with E-state index in [0.29, 0.717) is 0 Å². The van der Waals surface area contributed by atoms with Gasteiger partial charge in [0.1, 0.15) is 0 Å². The van der Waals surface area contributed by atoms with E-state index in [9.17, 15) is 4.79 Å². The first-order valence-electron chi connectivity index (χ1n) is 5.87. The van der Waals surface area contributed by atoms with Gasteiger partial charge in [0.2, 0.25) is 0 Å². The van der Waals surface area contributed by atoms with Crippen LogP contribution in [0, 0.1) is 0 Å². The Balaban J connectivity index is 2.49. The fraction of sp³-hybridized carbons (Fsp3) is 0.286. The maximum atomic E-state index is 12.2. The van der Waals surface area contributed by atoms with Crippen molar-refractivity contribution in [3.8, 4) is 0 Å². The van der Waals surface area contributed by atoms with Gasteiger partial charge in [0.25, 0.3) is 5.91 Å². The normalized spacial score (nSPS) is 12.4. The number of benzene rings is 1. The zero-order valence-corrected chi connectivity index (χ0v) is 11.2. The minimum Gasteiger partial charge on any atom is -0.367 e. The van der Waals surface area contributed by atoms with Gasteiger partial charge in [0.05, 0.1) is 12.6 Å². The molecule has 1 atom stereocenters. The van der Waals surface area contributed by atoms with Gasteiger partial charge in [-0.25, -0.2) is 5.06 Å². The van der Waals surface area contributed by atoms with E-state index >= 15 is 0 Å². The van der Waals surface area contributed by atoms with Crippen LogP contribution in [0.25, 0.3) is 10.9 Å². The molecule has 2 rings (SSSR count). The lowest BCUT2D eigenvalue weighted by atomic mass is 10.0. The van der Waals surface area contributed by atoms with Crippen molar-refractivity contribution in [1.29, 1.82) is 0 Å². The first kappa shape index (κ1) is 13.5. The second kappa shape index (κ2) is 5.77. The van der Waals surface area contributed by atoms with Crippen molar-refractivity contribution >= 4 is 16.8 Å². The van der Waals surface area contributed by atoms with E-state index in [1.165, 1.54) is 14.2 Å². The van der Waals surface area contributed by atoms with Crippen LogP contribution in [0.4, 0.5) is 0 Å². The van der Waals surface area contributed by atoms with Crippen LogP contribution in [-0.2, 0) is 14.4 Å². The molecule has 0 aliphatic rings. The molecule has 1 aromatic carbocycles. The number of fused-ring (bicyclic) bond motifs is 1. The SMILES string of the molecule is COC(C(=O)N(C)OC)c1cccc2ncccc12. The maximum absolute atomic E-state index is 12.2. The van der Waals surface area contributed by atoms with Crippen molar-refractivity contribution in [2.24, 2.45) is 0 Å². The van der Waals surface area contributed by atoms with Crippen molar-refractivity contribution in [2.45, 2.75) is 6.10 Å². The Labute approximate surface area is 111 Å². The van der Waals surface area contributed by atoms with E-state index < -0.39 is 6.10 Å². The van der Waals surface area contributed by atoms with Crippen molar-refractivity contribution in [1.82, 2.24) is 10.0 Å². The van der Waals surface area contributed by atoms with Gasteiger partial charge in [-0.1, -0.05) is 18.2 Å². The smallest absolute Gasteiger partial charge is 0.279 e. The Morgan fingerprint density at radius 1 is 1.26 bits per heavy atom. The largest absolute Gasteiger partial charge is 0.367 e. The minimum atomic E-state index is -0.710. The average Bonchev–Trinajstić information content (AvgIpc) is 2.47. The Hall–Kier alpha value is -1.98. The third kappa shape index (κ3) is 2.57. The predicted molar refractivity (Wildman–Crippen MR) is 71.3 cm³/mol. The molecule has 5 heteroatoms. The summed E-state index contributed by atoms with van der Waals surface area (Å²) in [6, 6.07) is 9.37. The molecule has 0 spiro atoms. The van der Waals surface area contributed by atoms with Gasteiger partial charge >= 0.3 is 0 Å². The van der Waals surface area contributed by atoms with Crippen LogP contribution in [0.2, 0.25) is 0 Å². The Morgan fingerprint density at radius 3 is 2.74 bits per heavy atom. The molecule has 1 aromatic heterocycles. The van der Waals surface area contributed by atoms with Crippen LogP contribution in [0.5, 0.6) is 0 Å². The molecule has 19 heavy (non-hydrogen) atoms. The van der Waals surface area contributed by atoms with Crippen molar-refractivity contribution in [2.75, 3.05) is 21.3 Å². The predicted octanol–water partition coefficient (Wildman–Crippen LogP) is 1.94. The van der Waals surface area contributed by atoms with E-state index in [1.54, 1.807) is 13.2 Å². The van der Waals surface area contributed by atoms with Crippen LogP contribution in [0.3, 0.4) is 0 Å². The highest BCUT2D eigenvalue weighted by atomic mass is 16.7. The minimum absolute atomic E-state index is 0.263. The molecule has 1 unspecified atom stereocenters. The standard InChI is InChI=1S/C14H16N2O3/c1-16(19-3)14(17)13(18-2)11-6-4-8-12-10(11)7-5-9-15-12/h4-9,13H,1-3H3. The number of nitrogens with zero attached hydrogens (tertiary/aromatic N) is 2. The molecule has 0 radical (unpaired) electrons. The third-order valence-electron chi connectivity index (χ3n) is 3.01. The number of likely N-dealkylation sites (N-methyl/N-ethyl adjacent to an activating group) is 1. The zero-order chi connectivity index (χ0) is 13.8. The molecule has 1 amide bonds. The second-order valence-corrected chi connectivity index (χ2v) is 4.05. The van der Waals surface area contributed by atoms with Crippen LogP contribution < -0.4 is 0 Å². The highest BCUT2D eigenvalue weighted by molar-refractivity contribution is 5.90. The summed E-state index contributed by atoms with van der Waals surface area (Å²) in [6.07, 6.45) is 1.01. The molecule has 5 nitrogen and oxygen atoms in total. The number of aromatic nitrogens is 1. The quantitative estimate of drug-likeness (QED) is 0.788. The number of rotatable bonds is 4. The van der Waals surface area contributed by atoms with Crippen molar-refractivity contribution in [3.63, 3.8) is 0 Å². The molecule has 0 saturated heterocycles. The van der Waals surface area contributed by atoms with Gasteiger partial charge < -0.3 is 4.74 Å². The molecular formula is C14H16N2O3. The zero-order valence-electron chi connectivity index (χ0n) is 11.2. The summed E-state index contributed by atoms with van der Waals surface area (Å²) in [4.78, 5) is 21.4. The van der Waals surface area contributed by atoms with E-state index in [4.69, 9.17) is 9.57 Å². The van der Waals surface area contributed by atoms with Crippen molar-refractivity contribution < 1.29 is 14.4 Å².